The number of aromatic nitrogens is 1. The average molecular weight is 177 g/mol. The van der Waals surface area contributed by atoms with Gasteiger partial charge in [-0.15, -0.1) is 0 Å². The summed E-state index contributed by atoms with van der Waals surface area (Å²) in [5.74, 6) is 4.98. The molecule has 1 aliphatic rings. The van der Waals surface area contributed by atoms with Gasteiger partial charge in [-0.25, -0.2) is 5.84 Å². The number of nitrogens with zero attached hydrogens (tertiary/aromatic N) is 1. The van der Waals surface area contributed by atoms with Crippen LogP contribution < -0.4 is 11.3 Å². The first-order valence-corrected chi connectivity index (χ1v) is 4.22. The lowest BCUT2D eigenvalue weighted by atomic mass is 10.0. The molecule has 13 heavy (non-hydrogen) atoms. The van der Waals surface area contributed by atoms with Gasteiger partial charge in [0.05, 0.1) is 11.1 Å². The van der Waals surface area contributed by atoms with Crippen LogP contribution in [0.2, 0.25) is 0 Å². The van der Waals surface area contributed by atoms with Crippen molar-refractivity contribution in [1.82, 2.24) is 10.4 Å². The maximum atomic E-state index is 11.4. The van der Waals surface area contributed by atoms with E-state index in [0.29, 0.717) is 0 Å². The topological polar surface area (TPSA) is 68.0 Å². The van der Waals surface area contributed by atoms with E-state index in [0.717, 1.165) is 18.5 Å². The van der Waals surface area contributed by atoms with Crippen LogP contribution in [0, 0.1) is 0 Å². The molecule has 68 valence electrons. The van der Waals surface area contributed by atoms with Gasteiger partial charge >= 0.3 is 0 Å². The molecule has 4 heteroatoms. The lowest BCUT2D eigenvalue weighted by Crippen LogP contribution is -2.39. The minimum Gasteiger partial charge on any atom is -0.293 e. The summed E-state index contributed by atoms with van der Waals surface area (Å²) < 4.78 is 0. The number of hydrogen-bond acceptors (Lipinski definition) is 3. The second-order valence-electron chi connectivity index (χ2n) is 3.27. The van der Waals surface area contributed by atoms with Gasteiger partial charge in [0.25, 0.3) is 0 Å². The Morgan fingerprint density at radius 2 is 2.31 bits per heavy atom. The summed E-state index contributed by atoms with van der Waals surface area (Å²) in [6, 6.07) is 5.58. The molecule has 1 fully saturated rings. The Labute approximate surface area is 76.1 Å². The van der Waals surface area contributed by atoms with Crippen molar-refractivity contribution in [3.8, 4) is 0 Å². The summed E-state index contributed by atoms with van der Waals surface area (Å²) in [6.45, 7) is 0. The smallest absolute Gasteiger partial charge is 0.246 e. The fourth-order valence-electron chi connectivity index (χ4n) is 1.51. The van der Waals surface area contributed by atoms with Crippen LogP contribution in [0.4, 0.5) is 0 Å². The monoisotopic (exact) mass is 177 g/mol. The number of carbonyl (C=O) groups excluding carboxylic acids is 1. The molecule has 1 amide bonds. The van der Waals surface area contributed by atoms with Crippen LogP contribution in [0.3, 0.4) is 0 Å². The number of hydrazine groups is 1. The number of hydrogen-bond donors (Lipinski definition) is 2. The molecule has 1 aromatic heterocycles. The number of nitrogens with two attached hydrogens (primary N) is 1. The van der Waals surface area contributed by atoms with Crippen LogP contribution in [0.1, 0.15) is 18.5 Å². The number of carbonyl (C=O) groups is 1. The maximum absolute atomic E-state index is 11.4. The van der Waals surface area contributed by atoms with Gasteiger partial charge < -0.3 is 0 Å². The van der Waals surface area contributed by atoms with Crippen molar-refractivity contribution in [1.29, 1.82) is 0 Å². The molecule has 0 radical (unpaired) electrons. The Balaban J connectivity index is 2.31. The van der Waals surface area contributed by atoms with Gasteiger partial charge in [-0.2, -0.15) is 0 Å². The van der Waals surface area contributed by atoms with Crippen LogP contribution >= 0.6 is 0 Å². The molecular weight excluding hydrogens is 166 g/mol. The van der Waals surface area contributed by atoms with E-state index in [1.165, 1.54) is 0 Å². The summed E-state index contributed by atoms with van der Waals surface area (Å²) in [7, 11) is 0. The van der Waals surface area contributed by atoms with Crippen LogP contribution in [0.25, 0.3) is 0 Å². The zero-order valence-corrected chi connectivity index (χ0v) is 7.16. The van der Waals surface area contributed by atoms with E-state index in [4.69, 9.17) is 5.84 Å². The molecule has 0 aromatic carbocycles. The Bertz CT molecular complexity index is 319. The number of rotatable bonds is 2. The fraction of sp³-hybridized carbons (Fsp3) is 0.333. The van der Waals surface area contributed by atoms with Crippen LogP contribution in [-0.2, 0) is 10.2 Å². The average Bonchev–Trinajstić information content (AvgIpc) is 2.99. The first kappa shape index (κ1) is 8.19. The van der Waals surface area contributed by atoms with Gasteiger partial charge in [0, 0.05) is 6.20 Å². The molecular formula is C9H11N3O. The number of nitrogens with one attached hydrogen (secondary N) is 1. The van der Waals surface area contributed by atoms with Crippen molar-refractivity contribution in [2.75, 3.05) is 0 Å². The predicted molar refractivity (Wildman–Crippen MR) is 47.5 cm³/mol. The normalized spacial score (nSPS) is 17.9. The molecule has 1 aliphatic carbocycles. The summed E-state index contributed by atoms with van der Waals surface area (Å²) in [5.41, 5.74) is 2.57. The Hall–Kier alpha value is -1.42. The predicted octanol–water partition coefficient (Wildman–Crippen LogP) is 0.103. The second kappa shape index (κ2) is 2.81. The molecule has 0 saturated heterocycles. The highest BCUT2D eigenvalue weighted by atomic mass is 16.2. The van der Waals surface area contributed by atoms with Gasteiger partial charge in [0.2, 0.25) is 5.91 Å². The van der Waals surface area contributed by atoms with Crippen molar-refractivity contribution in [2.24, 2.45) is 5.84 Å². The molecule has 1 saturated carbocycles. The Morgan fingerprint density at radius 3 is 2.77 bits per heavy atom. The van der Waals surface area contributed by atoms with Crippen LogP contribution in [-0.4, -0.2) is 10.9 Å². The summed E-state index contributed by atoms with van der Waals surface area (Å²) in [5, 5.41) is 0. The molecule has 1 aromatic rings. The fourth-order valence-corrected chi connectivity index (χ4v) is 1.51. The first-order chi connectivity index (χ1) is 6.29. The van der Waals surface area contributed by atoms with E-state index in [1.807, 2.05) is 18.2 Å². The van der Waals surface area contributed by atoms with Gasteiger partial charge in [0.15, 0.2) is 0 Å². The van der Waals surface area contributed by atoms with E-state index >= 15 is 0 Å². The molecule has 3 N–H and O–H groups in total. The van der Waals surface area contributed by atoms with Gasteiger partial charge in [0.1, 0.15) is 0 Å². The number of amides is 1. The number of pyridine rings is 1. The van der Waals surface area contributed by atoms with Crippen molar-refractivity contribution in [3.05, 3.63) is 30.1 Å². The van der Waals surface area contributed by atoms with Gasteiger partial charge in [-0.3, -0.25) is 15.2 Å². The highest BCUT2D eigenvalue weighted by Gasteiger charge is 2.52. The van der Waals surface area contributed by atoms with Crippen molar-refractivity contribution >= 4 is 5.91 Å². The van der Waals surface area contributed by atoms with Crippen molar-refractivity contribution in [2.45, 2.75) is 18.3 Å². The van der Waals surface area contributed by atoms with Crippen LogP contribution in [0.5, 0.6) is 0 Å². The first-order valence-electron chi connectivity index (χ1n) is 4.22. The van der Waals surface area contributed by atoms with E-state index < -0.39 is 5.41 Å². The Kier molecular flexibility index (Phi) is 1.77. The highest BCUT2D eigenvalue weighted by Crippen LogP contribution is 2.47. The van der Waals surface area contributed by atoms with E-state index in [-0.39, 0.29) is 5.91 Å². The van der Waals surface area contributed by atoms with E-state index in [1.54, 1.807) is 6.20 Å². The van der Waals surface area contributed by atoms with Gasteiger partial charge in [-0.05, 0) is 25.0 Å². The second-order valence-corrected chi connectivity index (χ2v) is 3.27. The molecule has 0 atom stereocenters. The van der Waals surface area contributed by atoms with Crippen molar-refractivity contribution in [3.63, 3.8) is 0 Å². The summed E-state index contributed by atoms with van der Waals surface area (Å²) in [4.78, 5) is 15.6. The highest BCUT2D eigenvalue weighted by molar-refractivity contribution is 5.90. The zero-order valence-electron chi connectivity index (χ0n) is 7.16. The largest absolute Gasteiger partial charge is 0.293 e. The minimum absolute atomic E-state index is 0.133. The molecule has 0 aliphatic heterocycles. The third-order valence-electron chi connectivity index (χ3n) is 2.47. The van der Waals surface area contributed by atoms with Crippen LogP contribution in [0.15, 0.2) is 24.4 Å². The Morgan fingerprint density at radius 1 is 1.54 bits per heavy atom. The van der Waals surface area contributed by atoms with E-state index in [9.17, 15) is 4.79 Å². The third kappa shape index (κ3) is 1.19. The zero-order chi connectivity index (χ0) is 9.31. The summed E-state index contributed by atoms with van der Waals surface area (Å²) >= 11 is 0. The lowest BCUT2D eigenvalue weighted by molar-refractivity contribution is -0.123. The molecule has 2 rings (SSSR count). The SMILES string of the molecule is NNC(=O)C1(c2ccccn2)CC1. The van der Waals surface area contributed by atoms with E-state index in [2.05, 4.69) is 10.4 Å². The quantitative estimate of drug-likeness (QED) is 0.382. The molecule has 4 nitrogen and oxygen atoms in total. The molecule has 1 heterocycles. The standard InChI is InChI=1S/C9H11N3O/c10-12-8(13)9(4-5-9)7-3-1-2-6-11-7/h1-3,6H,4-5,10H2,(H,12,13). The summed E-state index contributed by atoms with van der Waals surface area (Å²) in [6.07, 6.45) is 3.37. The maximum Gasteiger partial charge on any atom is 0.246 e. The minimum atomic E-state index is -0.435. The molecule has 0 spiro atoms. The third-order valence-corrected chi connectivity index (χ3v) is 2.47. The lowest BCUT2D eigenvalue weighted by Gasteiger charge is -2.11. The molecule has 0 unspecified atom stereocenters. The van der Waals surface area contributed by atoms with Crippen molar-refractivity contribution < 1.29 is 4.79 Å². The van der Waals surface area contributed by atoms with Gasteiger partial charge in [-0.1, -0.05) is 6.07 Å². The molecule has 0 bridgehead atoms.